The van der Waals surface area contributed by atoms with Crippen LogP contribution in [0.5, 0.6) is 5.75 Å². The van der Waals surface area contributed by atoms with Gasteiger partial charge in [0.25, 0.3) is 0 Å². The van der Waals surface area contributed by atoms with Gasteiger partial charge in [-0.3, -0.25) is 63.9 Å². The number of guanidine groups is 2. The van der Waals surface area contributed by atoms with Crippen LogP contribution < -0.4 is 76.6 Å². The summed E-state index contributed by atoms with van der Waals surface area (Å²) in [4.78, 5) is 142. The zero-order valence-electron chi connectivity index (χ0n) is 45.3. The monoisotopic (exact) mass is 1170 g/mol. The first-order valence-electron chi connectivity index (χ1n) is 25.8. The topological polar surface area (TPSA) is 457 Å². The van der Waals surface area contributed by atoms with E-state index in [4.69, 9.17) is 28.7 Å². The maximum atomic E-state index is 14.1. The van der Waals surface area contributed by atoms with E-state index >= 15 is 0 Å². The Morgan fingerprint density at radius 1 is 0.747 bits per heavy atom. The first-order valence-corrected chi connectivity index (χ1v) is 29.7. The molecule has 1 aliphatic rings. The Labute approximate surface area is 472 Å². The molecule has 0 saturated carbocycles. The molecule has 1 aromatic rings. The molecule has 11 amide bonds. The van der Waals surface area contributed by atoms with Crippen LogP contribution in [0.4, 0.5) is 4.79 Å². The number of hydrogen-bond acceptors (Lipinski definition) is 17. The van der Waals surface area contributed by atoms with Crippen LogP contribution in [0.3, 0.4) is 0 Å². The number of hydrazine groups is 1. The van der Waals surface area contributed by atoms with Crippen molar-refractivity contribution in [1.82, 2.24) is 53.0 Å². The smallest absolute Gasteiger partial charge is 0.337 e. The lowest BCUT2D eigenvalue weighted by molar-refractivity contribution is -0.134. The number of carbonyl (C=O) groups is 10. The number of thioether (sulfide) groups is 1. The summed E-state index contributed by atoms with van der Waals surface area (Å²) < 4.78 is 0. The third-order valence-electron chi connectivity index (χ3n) is 11.6. The maximum Gasteiger partial charge on any atom is 0.337 e. The van der Waals surface area contributed by atoms with Gasteiger partial charge in [0, 0.05) is 58.1 Å². The summed E-state index contributed by atoms with van der Waals surface area (Å²) in [5, 5.41) is 32.0. The number of nitrogens with zero attached hydrogens (tertiary/aromatic N) is 3. The number of amides is 11. The molecule has 28 nitrogen and oxygen atoms in total. The molecule has 0 aliphatic carbocycles. The first kappa shape index (κ1) is 68.4. The third kappa shape index (κ3) is 29.2. The Bertz CT molecular complexity index is 2240. The molecule has 442 valence electrons. The average molecular weight is 1170 g/mol. The van der Waals surface area contributed by atoms with Crippen molar-refractivity contribution < 1.29 is 53.1 Å². The molecule has 1 heterocycles. The first-order chi connectivity index (χ1) is 37.5. The number of carbonyl (C=O) groups excluding carboxylic acids is 10. The molecule has 6 atom stereocenters. The number of aromatic hydroxyl groups is 1. The Kier molecular flexibility index (Phi) is 32.9. The number of rotatable bonds is 16. The van der Waals surface area contributed by atoms with E-state index in [1.54, 1.807) is 26.0 Å². The summed E-state index contributed by atoms with van der Waals surface area (Å²) in [6, 6.07) is -1.74. The average Bonchev–Trinajstić information content (AvgIpc) is 3.38. The molecule has 1 aromatic carbocycles. The lowest BCUT2D eigenvalue weighted by Crippen LogP contribution is -2.58. The minimum Gasteiger partial charge on any atom is -0.508 e. The minimum absolute atomic E-state index is 0.00440. The molecule has 6 unspecified atom stereocenters. The van der Waals surface area contributed by atoms with Gasteiger partial charge in [-0.05, 0) is 93.4 Å². The van der Waals surface area contributed by atoms with Gasteiger partial charge in [0.05, 0.1) is 11.9 Å². The SMILES string of the molecule is CSCCC1NC(=O)C(N)CSSCN(C(=O)NC(CCCN=C(N)N)C(=O)NC(C)=O)NC(=O)CCCCNC(=O)C(Cc2ccc(O)cc2)NC(=O)C(C(C)C)NC(=O)C(CCCN=C(N)N)NC(=O)CCCCNC1=O. The number of hydrogen-bond donors (Lipinski definition) is 15. The van der Waals surface area contributed by atoms with Crippen molar-refractivity contribution in [3.05, 3.63) is 29.8 Å². The Morgan fingerprint density at radius 3 is 1.92 bits per heavy atom. The fourth-order valence-electron chi connectivity index (χ4n) is 7.34. The van der Waals surface area contributed by atoms with Crippen LogP contribution in [0, 0.1) is 5.92 Å². The van der Waals surface area contributed by atoms with Gasteiger partial charge in [-0.1, -0.05) is 47.6 Å². The van der Waals surface area contributed by atoms with Crippen molar-refractivity contribution in [3.8, 4) is 5.75 Å². The predicted octanol–water partition coefficient (Wildman–Crippen LogP) is -2.28. The standard InChI is InChI=1S/C48H81N17O11S3/c1-28(2)39-45(75)61-36(25-30-15-17-31(67)18-16-30)42(72)55-21-8-6-14-38(69)64-65(48(76)62-34(43(73)58-29(3)66)12-10-23-57-47(52)53)27-79-78-26-32(49)40(70)60-35(19-24-77-4)41(71)54-20-7-5-13-37(68)59-33(44(74)63-39)11-9-22-56-46(50)51/h15-18,28,32-36,39,67H,5-14,19-27,49H2,1-4H3,(H,54,71)(H,55,72)(H,59,68)(H,60,70)(H,61,75)(H,62,76)(H,63,74)(H,64,69)(H4,50,51,56)(H4,52,53,57)(H,58,66,73). The lowest BCUT2D eigenvalue weighted by Gasteiger charge is -2.27. The van der Waals surface area contributed by atoms with E-state index in [0.29, 0.717) is 24.2 Å². The van der Waals surface area contributed by atoms with Crippen LogP contribution in [-0.4, -0.2) is 167 Å². The number of phenolic OH excluding ortho intramolecular Hbond substituents is 1. The third-order valence-corrected chi connectivity index (χ3v) is 14.5. The molecule has 2 rings (SSSR count). The molecular formula is C48H81N17O11S3. The zero-order chi connectivity index (χ0) is 58.9. The molecule has 20 N–H and O–H groups in total. The number of urea groups is 1. The predicted molar refractivity (Wildman–Crippen MR) is 305 cm³/mol. The van der Waals surface area contributed by atoms with Crippen molar-refractivity contribution >= 4 is 104 Å². The van der Waals surface area contributed by atoms with Gasteiger partial charge in [0.1, 0.15) is 36.0 Å². The van der Waals surface area contributed by atoms with Gasteiger partial charge < -0.3 is 71.0 Å². The van der Waals surface area contributed by atoms with E-state index in [1.165, 1.54) is 23.9 Å². The van der Waals surface area contributed by atoms with Crippen molar-refractivity contribution in [2.75, 3.05) is 49.8 Å². The molecule has 79 heavy (non-hydrogen) atoms. The number of phenols is 1. The lowest BCUT2D eigenvalue weighted by atomic mass is 10.00. The molecule has 1 saturated heterocycles. The van der Waals surface area contributed by atoms with Gasteiger partial charge in [-0.25, -0.2) is 9.80 Å². The highest BCUT2D eigenvalue weighted by atomic mass is 33.1. The van der Waals surface area contributed by atoms with Crippen LogP contribution in [-0.2, 0) is 49.6 Å². The second kappa shape index (κ2) is 38.0. The van der Waals surface area contributed by atoms with E-state index in [9.17, 15) is 53.1 Å². The molecule has 1 aliphatic heterocycles. The number of imide groups is 1. The quantitative estimate of drug-likeness (QED) is 0.0359. The Balaban J connectivity index is 2.46. The fraction of sp³-hybridized carbons (Fsp3) is 0.625. The van der Waals surface area contributed by atoms with Crippen LogP contribution in [0.15, 0.2) is 34.3 Å². The highest BCUT2D eigenvalue weighted by molar-refractivity contribution is 8.76. The summed E-state index contributed by atoms with van der Waals surface area (Å²) in [5.74, 6) is -6.26. The number of benzene rings is 1. The minimum atomic E-state index is -1.27. The van der Waals surface area contributed by atoms with Crippen LogP contribution in [0.25, 0.3) is 0 Å². The van der Waals surface area contributed by atoms with Gasteiger partial charge in [0.15, 0.2) is 11.9 Å². The van der Waals surface area contributed by atoms with Gasteiger partial charge in [0.2, 0.25) is 53.2 Å². The van der Waals surface area contributed by atoms with E-state index in [0.717, 1.165) is 33.5 Å². The van der Waals surface area contributed by atoms with Crippen molar-refractivity contribution in [3.63, 3.8) is 0 Å². The van der Waals surface area contributed by atoms with Gasteiger partial charge >= 0.3 is 6.03 Å². The van der Waals surface area contributed by atoms with E-state index in [-0.39, 0.29) is 120 Å². The largest absolute Gasteiger partial charge is 0.508 e. The molecule has 0 aromatic heterocycles. The second-order valence-corrected chi connectivity index (χ2v) is 22.1. The van der Waals surface area contributed by atoms with Crippen LogP contribution in [0.1, 0.15) is 97.0 Å². The highest BCUT2D eigenvalue weighted by Gasteiger charge is 2.32. The Morgan fingerprint density at radius 2 is 1.33 bits per heavy atom. The van der Waals surface area contributed by atoms with Crippen molar-refractivity contribution in [1.29, 1.82) is 0 Å². The molecular weight excluding hydrogens is 1090 g/mol. The van der Waals surface area contributed by atoms with Crippen molar-refractivity contribution in [2.24, 2.45) is 44.6 Å². The zero-order valence-corrected chi connectivity index (χ0v) is 47.7. The van der Waals surface area contributed by atoms with Gasteiger partial charge in [-0.15, -0.1) is 0 Å². The summed E-state index contributed by atoms with van der Waals surface area (Å²) in [6.45, 7) is 4.95. The number of nitrogens with one attached hydrogen (secondary N) is 9. The molecule has 1 fully saturated rings. The summed E-state index contributed by atoms with van der Waals surface area (Å²) in [7, 11) is 2.12. The number of aliphatic imine (C=N–C) groups is 2. The molecule has 31 heteroatoms. The molecule has 0 radical (unpaired) electrons. The number of nitrogens with two attached hydrogens (primary N) is 5. The van der Waals surface area contributed by atoms with E-state index in [1.807, 2.05) is 6.26 Å². The van der Waals surface area contributed by atoms with Gasteiger partial charge in [-0.2, -0.15) is 11.8 Å². The van der Waals surface area contributed by atoms with E-state index < -0.39 is 101 Å². The summed E-state index contributed by atoms with van der Waals surface area (Å²) in [5.41, 5.74) is 31.2. The fourth-order valence-corrected chi connectivity index (χ4v) is 9.83. The normalized spacial score (nSPS) is 21.1. The Hall–Kier alpha value is -6.73. The highest BCUT2D eigenvalue weighted by Crippen LogP contribution is 2.23. The van der Waals surface area contributed by atoms with Crippen molar-refractivity contribution in [2.45, 2.75) is 134 Å². The molecule has 0 bridgehead atoms. The van der Waals surface area contributed by atoms with Crippen LogP contribution in [0.2, 0.25) is 0 Å². The summed E-state index contributed by atoms with van der Waals surface area (Å²) in [6.07, 6.45) is 3.60. The summed E-state index contributed by atoms with van der Waals surface area (Å²) >= 11 is 1.47. The second-order valence-electron chi connectivity index (χ2n) is 18.7. The molecule has 0 spiro atoms. The maximum absolute atomic E-state index is 14.1. The van der Waals surface area contributed by atoms with Crippen LogP contribution >= 0.6 is 33.3 Å². The van der Waals surface area contributed by atoms with E-state index in [2.05, 4.69) is 57.9 Å².